The number of hydrogen-bond donors (Lipinski definition) is 1. The van der Waals surface area contributed by atoms with Crippen molar-refractivity contribution in [2.45, 2.75) is 6.42 Å². The first-order chi connectivity index (χ1) is 8.22. The quantitative estimate of drug-likeness (QED) is 0.849. The summed E-state index contributed by atoms with van der Waals surface area (Å²) in [5.74, 6) is -0.312. The lowest BCUT2D eigenvalue weighted by Crippen LogP contribution is -2.08. The lowest BCUT2D eigenvalue weighted by Gasteiger charge is -2.09. The van der Waals surface area contributed by atoms with E-state index in [0.29, 0.717) is 17.1 Å². The highest BCUT2D eigenvalue weighted by molar-refractivity contribution is 5.69. The summed E-state index contributed by atoms with van der Waals surface area (Å²) in [6, 6.07) is 7.22. The summed E-state index contributed by atoms with van der Waals surface area (Å²) < 4.78 is 6.66. The molecule has 1 heterocycles. The minimum atomic E-state index is -0.927. The zero-order chi connectivity index (χ0) is 12.3. The van der Waals surface area contributed by atoms with Gasteiger partial charge in [-0.25, -0.2) is 4.68 Å². The van der Waals surface area contributed by atoms with Gasteiger partial charge in [-0.3, -0.25) is 4.79 Å². The van der Waals surface area contributed by atoms with E-state index in [1.807, 2.05) is 12.1 Å². The van der Waals surface area contributed by atoms with Crippen LogP contribution in [0.4, 0.5) is 0 Å². The first-order valence-electron chi connectivity index (χ1n) is 4.97. The topological polar surface area (TPSA) is 77.2 Å². The maximum Gasteiger partial charge on any atom is 0.309 e. The molecule has 0 amide bonds. The first kappa shape index (κ1) is 11.1. The van der Waals surface area contributed by atoms with Crippen LogP contribution in [-0.4, -0.2) is 33.2 Å². The van der Waals surface area contributed by atoms with Gasteiger partial charge >= 0.3 is 5.97 Å². The number of hydrogen-bond acceptors (Lipinski definition) is 4. The van der Waals surface area contributed by atoms with Crippen molar-refractivity contribution in [2.24, 2.45) is 0 Å². The van der Waals surface area contributed by atoms with Crippen LogP contribution in [0.25, 0.3) is 5.69 Å². The van der Waals surface area contributed by atoms with E-state index in [0.717, 1.165) is 0 Å². The summed E-state index contributed by atoms with van der Waals surface area (Å²) >= 11 is 0. The zero-order valence-corrected chi connectivity index (χ0v) is 9.20. The Morgan fingerprint density at radius 1 is 1.47 bits per heavy atom. The molecule has 0 bridgehead atoms. The second-order valence-electron chi connectivity index (χ2n) is 3.38. The lowest BCUT2D eigenvalue weighted by molar-refractivity contribution is -0.136. The highest BCUT2D eigenvalue weighted by Gasteiger charge is 2.12. The Kier molecular flexibility index (Phi) is 3.04. The van der Waals surface area contributed by atoms with Gasteiger partial charge < -0.3 is 9.84 Å². The highest BCUT2D eigenvalue weighted by Crippen LogP contribution is 2.22. The average Bonchev–Trinajstić information content (AvgIpc) is 2.76. The van der Waals surface area contributed by atoms with Crippen LogP contribution in [0, 0.1) is 0 Å². The van der Waals surface area contributed by atoms with E-state index in [-0.39, 0.29) is 6.42 Å². The lowest BCUT2D eigenvalue weighted by atomic mass is 10.2. The second kappa shape index (κ2) is 4.65. The smallest absolute Gasteiger partial charge is 0.309 e. The predicted octanol–water partition coefficient (Wildman–Crippen LogP) is 0.903. The van der Waals surface area contributed by atoms with Crippen LogP contribution in [0.3, 0.4) is 0 Å². The molecular weight excluding hydrogens is 222 g/mol. The minimum absolute atomic E-state index is 0.134. The molecule has 6 heteroatoms. The number of methoxy groups -OCH3 is 1. The normalized spacial score (nSPS) is 10.2. The molecule has 17 heavy (non-hydrogen) atoms. The molecule has 2 rings (SSSR count). The largest absolute Gasteiger partial charge is 0.494 e. The van der Waals surface area contributed by atoms with E-state index >= 15 is 0 Å². The van der Waals surface area contributed by atoms with Crippen LogP contribution < -0.4 is 4.74 Å². The van der Waals surface area contributed by atoms with Crippen molar-refractivity contribution in [2.75, 3.05) is 7.11 Å². The molecule has 0 aliphatic carbocycles. The van der Waals surface area contributed by atoms with Gasteiger partial charge in [0.05, 0.1) is 25.4 Å². The Morgan fingerprint density at radius 3 is 2.94 bits per heavy atom. The number of nitrogens with zero attached hydrogens (tertiary/aromatic N) is 3. The number of carboxylic acid groups (broad SMARTS) is 1. The van der Waals surface area contributed by atoms with Gasteiger partial charge in [0, 0.05) is 0 Å². The molecular formula is C11H11N3O3. The number of aromatic nitrogens is 3. The fraction of sp³-hybridized carbons (Fsp3) is 0.182. The van der Waals surface area contributed by atoms with Crippen LogP contribution in [0.1, 0.15) is 5.69 Å². The minimum Gasteiger partial charge on any atom is -0.494 e. The molecule has 1 aromatic heterocycles. The number of rotatable bonds is 4. The fourth-order valence-electron chi connectivity index (χ4n) is 1.54. The van der Waals surface area contributed by atoms with Crippen molar-refractivity contribution in [1.82, 2.24) is 15.0 Å². The van der Waals surface area contributed by atoms with E-state index in [2.05, 4.69) is 10.3 Å². The zero-order valence-electron chi connectivity index (χ0n) is 9.20. The van der Waals surface area contributed by atoms with Crippen molar-refractivity contribution in [1.29, 1.82) is 0 Å². The molecule has 88 valence electrons. The Labute approximate surface area is 97.4 Å². The summed E-state index contributed by atoms with van der Waals surface area (Å²) in [6.07, 6.45) is 1.30. The van der Waals surface area contributed by atoms with Crippen molar-refractivity contribution in [3.8, 4) is 11.4 Å². The van der Waals surface area contributed by atoms with Gasteiger partial charge in [0.2, 0.25) is 0 Å². The van der Waals surface area contributed by atoms with E-state index in [1.54, 1.807) is 19.2 Å². The number of carboxylic acids is 1. The van der Waals surface area contributed by atoms with Crippen LogP contribution >= 0.6 is 0 Å². The van der Waals surface area contributed by atoms with Gasteiger partial charge in [-0.2, -0.15) is 0 Å². The van der Waals surface area contributed by atoms with Crippen LogP contribution in [-0.2, 0) is 11.2 Å². The molecule has 1 N–H and O–H groups in total. The molecule has 0 saturated carbocycles. The van der Waals surface area contributed by atoms with E-state index in [9.17, 15) is 4.79 Å². The summed E-state index contributed by atoms with van der Waals surface area (Å²) in [7, 11) is 1.55. The Balaban J connectivity index is 2.46. The Bertz CT molecular complexity index is 536. The van der Waals surface area contributed by atoms with Gasteiger partial charge in [0.1, 0.15) is 11.4 Å². The third-order valence-electron chi connectivity index (χ3n) is 2.27. The maximum absolute atomic E-state index is 10.7. The van der Waals surface area contributed by atoms with Crippen molar-refractivity contribution < 1.29 is 14.6 Å². The molecule has 0 fully saturated rings. The summed E-state index contributed by atoms with van der Waals surface area (Å²) in [5.41, 5.74) is 1.17. The molecule has 0 radical (unpaired) electrons. The van der Waals surface area contributed by atoms with Crippen LogP contribution in [0.2, 0.25) is 0 Å². The molecule has 1 aromatic carbocycles. The molecule has 0 saturated heterocycles. The van der Waals surface area contributed by atoms with E-state index in [1.165, 1.54) is 10.9 Å². The standard InChI is InChI=1S/C11H11N3O3/c1-17-10-5-3-2-4-9(10)14-8(6-11(15)16)7-12-13-14/h2-5,7H,6H2,1H3,(H,15,16). The van der Waals surface area contributed by atoms with Crippen molar-refractivity contribution >= 4 is 5.97 Å². The first-order valence-corrected chi connectivity index (χ1v) is 4.97. The number of para-hydroxylation sites is 2. The van der Waals surface area contributed by atoms with Gasteiger partial charge in [-0.15, -0.1) is 5.10 Å². The molecule has 0 aliphatic heterocycles. The van der Waals surface area contributed by atoms with Crippen molar-refractivity contribution in [3.05, 3.63) is 36.2 Å². The maximum atomic E-state index is 10.7. The molecule has 0 aliphatic rings. The van der Waals surface area contributed by atoms with Gasteiger partial charge in [-0.05, 0) is 12.1 Å². The summed E-state index contributed by atoms with van der Waals surface area (Å²) in [5, 5.41) is 16.4. The third-order valence-corrected chi connectivity index (χ3v) is 2.27. The van der Waals surface area contributed by atoms with Gasteiger partial charge in [0.25, 0.3) is 0 Å². The van der Waals surface area contributed by atoms with Crippen LogP contribution in [0.15, 0.2) is 30.5 Å². The highest BCUT2D eigenvalue weighted by atomic mass is 16.5. The predicted molar refractivity (Wildman–Crippen MR) is 59.3 cm³/mol. The fourth-order valence-corrected chi connectivity index (χ4v) is 1.54. The van der Waals surface area contributed by atoms with Gasteiger partial charge in [0.15, 0.2) is 0 Å². The number of aliphatic carboxylic acids is 1. The van der Waals surface area contributed by atoms with E-state index in [4.69, 9.17) is 9.84 Å². The average molecular weight is 233 g/mol. The monoisotopic (exact) mass is 233 g/mol. The third kappa shape index (κ3) is 2.25. The molecule has 2 aromatic rings. The molecule has 0 unspecified atom stereocenters. The SMILES string of the molecule is COc1ccccc1-n1nncc1CC(=O)O. The Morgan fingerprint density at radius 2 is 2.24 bits per heavy atom. The number of carbonyl (C=O) groups is 1. The number of benzene rings is 1. The Hall–Kier alpha value is -2.37. The second-order valence-corrected chi connectivity index (χ2v) is 3.38. The summed E-state index contributed by atoms with van der Waals surface area (Å²) in [6.45, 7) is 0. The molecule has 0 atom stereocenters. The molecule has 0 spiro atoms. The van der Waals surface area contributed by atoms with Crippen LogP contribution in [0.5, 0.6) is 5.75 Å². The van der Waals surface area contributed by atoms with Crippen molar-refractivity contribution in [3.63, 3.8) is 0 Å². The molecule has 6 nitrogen and oxygen atoms in total. The summed E-state index contributed by atoms with van der Waals surface area (Å²) in [4.78, 5) is 10.7. The van der Waals surface area contributed by atoms with E-state index < -0.39 is 5.97 Å². The number of ether oxygens (including phenoxy) is 1. The van der Waals surface area contributed by atoms with Gasteiger partial charge in [-0.1, -0.05) is 17.3 Å².